The second kappa shape index (κ2) is 10.6. The van der Waals surface area contributed by atoms with E-state index in [-0.39, 0.29) is 11.9 Å². The molecule has 0 aliphatic carbocycles. The zero-order chi connectivity index (χ0) is 24.9. The lowest BCUT2D eigenvalue weighted by molar-refractivity contribution is -0.125. The zero-order valence-electron chi connectivity index (χ0n) is 20.4. The first-order valence-corrected chi connectivity index (χ1v) is 12.0. The van der Waals surface area contributed by atoms with Gasteiger partial charge in [-0.15, -0.1) is 0 Å². The maximum atomic E-state index is 12.6. The number of rotatable bonds is 8. The first-order valence-electron chi connectivity index (χ1n) is 12.0. The molecule has 0 N–H and O–H groups in total. The Hall–Kier alpha value is -4.17. The second-order valence-electron chi connectivity index (χ2n) is 9.02. The number of carbonyl (C=O) groups is 1. The molecular formula is C28H29N5O3. The van der Waals surface area contributed by atoms with Crippen LogP contribution in [0.15, 0.2) is 85.3 Å². The lowest BCUT2D eigenvalue weighted by Gasteiger charge is -2.17. The highest BCUT2D eigenvalue weighted by Crippen LogP contribution is 2.33. The summed E-state index contributed by atoms with van der Waals surface area (Å²) in [4.78, 5) is 25.4. The van der Waals surface area contributed by atoms with E-state index in [2.05, 4.69) is 14.5 Å². The van der Waals surface area contributed by atoms with E-state index in [1.54, 1.807) is 6.08 Å². The third-order valence-electron chi connectivity index (χ3n) is 6.08. The Morgan fingerprint density at radius 2 is 1.72 bits per heavy atom. The molecule has 184 valence electrons. The molecule has 0 bridgehead atoms. The van der Waals surface area contributed by atoms with Gasteiger partial charge >= 0.3 is 0 Å². The van der Waals surface area contributed by atoms with Crippen LogP contribution in [0.25, 0.3) is 11.0 Å². The summed E-state index contributed by atoms with van der Waals surface area (Å²) in [6.45, 7) is 2.08. The number of benzene rings is 2. The molecule has 2 aromatic heterocycles. The average molecular weight is 484 g/mol. The van der Waals surface area contributed by atoms with Crippen molar-refractivity contribution in [1.82, 2.24) is 24.3 Å². The minimum absolute atomic E-state index is 0.0429. The van der Waals surface area contributed by atoms with E-state index in [9.17, 15) is 4.79 Å². The number of likely N-dealkylation sites (tertiary alicyclic amines) is 1. The molecule has 4 aromatic rings. The predicted molar refractivity (Wildman–Crippen MR) is 138 cm³/mol. The molecule has 8 nitrogen and oxygen atoms in total. The van der Waals surface area contributed by atoms with Gasteiger partial charge in [0.25, 0.3) is 0 Å². The molecule has 1 saturated heterocycles. The van der Waals surface area contributed by atoms with Gasteiger partial charge in [-0.05, 0) is 63.0 Å². The smallest absolute Gasteiger partial charge is 0.247 e. The Labute approximate surface area is 210 Å². The van der Waals surface area contributed by atoms with Crippen molar-refractivity contribution in [1.29, 1.82) is 0 Å². The van der Waals surface area contributed by atoms with Crippen LogP contribution in [0, 0.1) is 0 Å². The van der Waals surface area contributed by atoms with Crippen molar-refractivity contribution in [2.45, 2.75) is 12.5 Å². The molecule has 1 atom stereocenters. The van der Waals surface area contributed by atoms with Crippen molar-refractivity contribution in [3.8, 4) is 23.1 Å². The molecule has 1 fully saturated rings. The predicted octanol–water partition coefficient (Wildman–Crippen LogP) is 4.91. The summed E-state index contributed by atoms with van der Waals surface area (Å²) < 4.78 is 14.2. The van der Waals surface area contributed by atoms with Crippen molar-refractivity contribution < 1.29 is 14.3 Å². The van der Waals surface area contributed by atoms with E-state index < -0.39 is 0 Å². The molecule has 36 heavy (non-hydrogen) atoms. The van der Waals surface area contributed by atoms with Crippen LogP contribution in [0.4, 0.5) is 0 Å². The molecule has 2 aromatic carbocycles. The largest absolute Gasteiger partial charge is 0.457 e. The van der Waals surface area contributed by atoms with E-state index in [0.717, 1.165) is 35.5 Å². The van der Waals surface area contributed by atoms with Crippen LogP contribution in [0.5, 0.6) is 23.1 Å². The van der Waals surface area contributed by atoms with Crippen LogP contribution in [-0.4, -0.2) is 64.0 Å². The first-order chi connectivity index (χ1) is 17.6. The Kier molecular flexibility index (Phi) is 6.95. The molecule has 3 heterocycles. The van der Waals surface area contributed by atoms with Crippen LogP contribution in [0.3, 0.4) is 0 Å². The summed E-state index contributed by atoms with van der Waals surface area (Å²) in [6.07, 6.45) is 7.94. The maximum absolute atomic E-state index is 12.6. The number of nitrogens with zero attached hydrogens (tertiary/aromatic N) is 5. The molecule has 8 heteroatoms. The number of carbonyl (C=O) groups excluding carboxylic acids is 1. The van der Waals surface area contributed by atoms with Crippen LogP contribution < -0.4 is 9.47 Å². The molecule has 1 amide bonds. The van der Waals surface area contributed by atoms with Crippen LogP contribution >= 0.6 is 0 Å². The molecule has 0 spiro atoms. The summed E-state index contributed by atoms with van der Waals surface area (Å²) >= 11 is 0. The van der Waals surface area contributed by atoms with E-state index in [4.69, 9.17) is 9.47 Å². The SMILES string of the molecule is CN(C)CC=CC(=O)N1CCC(n2ccc3ncnc(Oc4ccc(Oc5ccccc5)cc4)c32)C1. The summed E-state index contributed by atoms with van der Waals surface area (Å²) in [5.74, 6) is 2.68. The molecule has 5 rings (SSSR count). The number of hydrogen-bond acceptors (Lipinski definition) is 6. The van der Waals surface area contributed by atoms with Crippen molar-refractivity contribution in [2.75, 3.05) is 33.7 Å². The van der Waals surface area contributed by atoms with E-state index in [1.165, 1.54) is 6.33 Å². The highest BCUT2D eigenvalue weighted by atomic mass is 16.5. The van der Waals surface area contributed by atoms with Gasteiger partial charge in [0.1, 0.15) is 29.1 Å². The summed E-state index contributed by atoms with van der Waals surface area (Å²) in [5, 5.41) is 0. The first kappa shape index (κ1) is 23.6. The fourth-order valence-electron chi connectivity index (χ4n) is 4.30. The number of likely N-dealkylation sites (N-methyl/N-ethyl adjacent to an activating group) is 1. The maximum Gasteiger partial charge on any atom is 0.247 e. The lowest BCUT2D eigenvalue weighted by Crippen LogP contribution is -2.27. The average Bonchev–Trinajstić information content (AvgIpc) is 3.54. The van der Waals surface area contributed by atoms with Crippen LogP contribution in [-0.2, 0) is 4.79 Å². The molecule has 0 radical (unpaired) electrons. The van der Waals surface area contributed by atoms with Crippen molar-refractivity contribution in [3.05, 3.63) is 85.3 Å². The number of aromatic nitrogens is 3. The number of ether oxygens (including phenoxy) is 2. The minimum atomic E-state index is 0.0429. The monoisotopic (exact) mass is 483 g/mol. The highest BCUT2D eigenvalue weighted by molar-refractivity contribution is 5.88. The Balaban J connectivity index is 1.31. The Morgan fingerprint density at radius 1 is 1.00 bits per heavy atom. The fourth-order valence-corrected chi connectivity index (χ4v) is 4.30. The number of fused-ring (bicyclic) bond motifs is 1. The second-order valence-corrected chi connectivity index (χ2v) is 9.02. The van der Waals surface area contributed by atoms with Crippen molar-refractivity contribution >= 4 is 16.9 Å². The minimum Gasteiger partial charge on any atom is -0.457 e. The van der Waals surface area contributed by atoms with Gasteiger partial charge in [-0.2, -0.15) is 4.98 Å². The molecule has 1 aliphatic heterocycles. The van der Waals surface area contributed by atoms with E-state index >= 15 is 0 Å². The molecule has 0 saturated carbocycles. The van der Waals surface area contributed by atoms with Gasteiger partial charge in [0, 0.05) is 31.9 Å². The molecular weight excluding hydrogens is 454 g/mol. The standard InChI is InChI=1S/C28H29N5O3/c1-31(2)16-6-9-26(34)32-17-14-21(19-32)33-18-15-25-27(33)28(30-20-29-25)36-24-12-10-23(11-13-24)35-22-7-4-3-5-8-22/h3-13,15,18,20-21H,14,16-17,19H2,1-2H3. The number of para-hydroxylation sites is 1. The normalized spacial score (nSPS) is 15.8. The third-order valence-corrected chi connectivity index (χ3v) is 6.08. The zero-order valence-corrected chi connectivity index (χ0v) is 20.4. The van der Waals surface area contributed by atoms with Gasteiger partial charge < -0.3 is 23.8 Å². The van der Waals surface area contributed by atoms with Gasteiger partial charge in [0.05, 0.1) is 11.6 Å². The Bertz CT molecular complexity index is 1350. The topological polar surface area (TPSA) is 72.7 Å². The number of amides is 1. The summed E-state index contributed by atoms with van der Waals surface area (Å²) in [7, 11) is 3.96. The summed E-state index contributed by atoms with van der Waals surface area (Å²) in [6, 6.07) is 19.2. The lowest BCUT2D eigenvalue weighted by atomic mass is 10.2. The van der Waals surface area contributed by atoms with Gasteiger partial charge in [-0.25, -0.2) is 4.98 Å². The van der Waals surface area contributed by atoms with E-state index in [1.807, 2.05) is 96.8 Å². The fraction of sp³-hybridized carbons (Fsp3) is 0.250. The molecule has 1 aliphatic rings. The van der Waals surface area contributed by atoms with Gasteiger partial charge in [0.15, 0.2) is 0 Å². The van der Waals surface area contributed by atoms with E-state index in [0.29, 0.717) is 24.7 Å². The number of hydrogen-bond donors (Lipinski definition) is 0. The Morgan fingerprint density at radius 3 is 2.47 bits per heavy atom. The van der Waals surface area contributed by atoms with Crippen molar-refractivity contribution in [2.24, 2.45) is 0 Å². The van der Waals surface area contributed by atoms with Crippen LogP contribution in [0.1, 0.15) is 12.5 Å². The van der Waals surface area contributed by atoms with Crippen LogP contribution in [0.2, 0.25) is 0 Å². The third kappa shape index (κ3) is 5.39. The van der Waals surface area contributed by atoms with Crippen molar-refractivity contribution in [3.63, 3.8) is 0 Å². The quantitative estimate of drug-likeness (QED) is 0.332. The highest BCUT2D eigenvalue weighted by Gasteiger charge is 2.28. The van der Waals surface area contributed by atoms with Gasteiger partial charge in [0.2, 0.25) is 11.8 Å². The van der Waals surface area contributed by atoms with Gasteiger partial charge in [-0.3, -0.25) is 4.79 Å². The molecule has 1 unspecified atom stereocenters. The van der Waals surface area contributed by atoms with Gasteiger partial charge in [-0.1, -0.05) is 24.3 Å². The summed E-state index contributed by atoms with van der Waals surface area (Å²) in [5.41, 5.74) is 1.63.